The molecule has 0 radical (unpaired) electrons. The van der Waals surface area contributed by atoms with Crippen LogP contribution in [0.1, 0.15) is 66.3 Å². The van der Waals surface area contributed by atoms with Crippen LogP contribution in [0.2, 0.25) is 5.02 Å². The smallest absolute Gasteiger partial charge is 0.307 e. The Kier molecular flexibility index (Phi) is 6.94. The summed E-state index contributed by atoms with van der Waals surface area (Å²) < 4.78 is 20.6. The van der Waals surface area contributed by atoms with E-state index in [1.165, 1.54) is 5.56 Å². The van der Waals surface area contributed by atoms with Gasteiger partial charge in [-0.1, -0.05) is 35.9 Å². The number of likely N-dealkylation sites (tertiary alicyclic amines) is 1. The van der Waals surface area contributed by atoms with Gasteiger partial charge in [0.2, 0.25) is 0 Å². The number of carboxylic acids is 1. The Morgan fingerprint density at radius 2 is 1.90 bits per heavy atom. The van der Waals surface area contributed by atoms with Crippen LogP contribution < -0.4 is 9.47 Å². The molecule has 7 rings (SSSR count). The van der Waals surface area contributed by atoms with Gasteiger partial charge in [0, 0.05) is 35.0 Å². The molecule has 210 valence electrons. The molecule has 40 heavy (non-hydrogen) atoms. The summed E-state index contributed by atoms with van der Waals surface area (Å²) in [4.78, 5) is 18.8. The second-order valence-electron chi connectivity index (χ2n) is 11.5. The Morgan fingerprint density at radius 3 is 2.60 bits per heavy atom. The van der Waals surface area contributed by atoms with Crippen LogP contribution in [-0.4, -0.2) is 57.9 Å². The molecule has 1 aliphatic carbocycles. The van der Waals surface area contributed by atoms with Gasteiger partial charge in [0.05, 0.1) is 25.1 Å². The van der Waals surface area contributed by atoms with Crippen LogP contribution in [0.25, 0.3) is 0 Å². The number of rotatable bonds is 8. The first-order chi connectivity index (χ1) is 19.5. The predicted molar refractivity (Wildman–Crippen MR) is 149 cm³/mol. The lowest BCUT2D eigenvalue weighted by Crippen LogP contribution is -2.36. The molecule has 9 heteroatoms. The second-order valence-corrected chi connectivity index (χ2v) is 11.9. The molecule has 4 aliphatic rings. The largest absolute Gasteiger partial charge is 0.485 e. The molecule has 0 bridgehead atoms. The number of ether oxygens (including phenoxy) is 3. The molecule has 4 atom stereocenters. The summed E-state index contributed by atoms with van der Waals surface area (Å²) in [6, 6.07) is 14.0. The summed E-state index contributed by atoms with van der Waals surface area (Å²) in [5.41, 5.74) is 3.34. The normalized spacial score (nSPS) is 26.3. The number of aliphatic carboxylic acids is 1. The zero-order chi connectivity index (χ0) is 27.2. The fraction of sp³-hybridized carbons (Fsp3) is 0.484. The number of imidazole rings is 1. The van der Waals surface area contributed by atoms with Gasteiger partial charge in [0.15, 0.2) is 17.6 Å². The molecule has 1 saturated carbocycles. The summed E-state index contributed by atoms with van der Waals surface area (Å²) in [6.45, 7) is 4.73. The molecule has 2 unspecified atom stereocenters. The van der Waals surface area contributed by atoms with E-state index in [1.807, 2.05) is 36.5 Å². The maximum Gasteiger partial charge on any atom is 0.307 e. The van der Waals surface area contributed by atoms with Crippen molar-refractivity contribution in [3.05, 3.63) is 76.3 Å². The van der Waals surface area contributed by atoms with Crippen molar-refractivity contribution in [2.45, 2.75) is 62.8 Å². The van der Waals surface area contributed by atoms with Gasteiger partial charge in [-0.2, -0.15) is 0 Å². The Bertz CT molecular complexity index is 1380. The first kappa shape index (κ1) is 25.9. The average Bonchev–Trinajstić information content (AvgIpc) is 3.66. The third-order valence-electron chi connectivity index (χ3n) is 8.93. The molecule has 0 spiro atoms. The molecule has 3 aromatic rings. The lowest BCUT2D eigenvalue weighted by molar-refractivity contribution is -0.138. The lowest BCUT2D eigenvalue weighted by Gasteiger charge is -2.35. The maximum absolute atomic E-state index is 11.5. The number of carboxylic acid groups (broad SMARTS) is 1. The molecule has 3 fully saturated rings. The van der Waals surface area contributed by atoms with Crippen molar-refractivity contribution < 1.29 is 24.1 Å². The van der Waals surface area contributed by atoms with Crippen LogP contribution in [0.15, 0.2) is 48.7 Å². The minimum atomic E-state index is -0.709. The summed E-state index contributed by atoms with van der Waals surface area (Å²) in [7, 11) is 0. The molecule has 1 aromatic heterocycles. The highest BCUT2D eigenvalue weighted by atomic mass is 35.5. The minimum absolute atomic E-state index is 0.0651. The Morgan fingerprint density at radius 1 is 1.10 bits per heavy atom. The fourth-order valence-corrected chi connectivity index (χ4v) is 6.51. The highest BCUT2D eigenvalue weighted by Crippen LogP contribution is 2.48. The van der Waals surface area contributed by atoms with E-state index in [2.05, 4.69) is 21.6 Å². The van der Waals surface area contributed by atoms with Crippen molar-refractivity contribution >= 4 is 17.6 Å². The number of hydrogen-bond acceptors (Lipinski definition) is 6. The zero-order valence-electron chi connectivity index (χ0n) is 22.4. The molecule has 4 heterocycles. The number of piperidine rings is 1. The SMILES string of the molecule is O=C(O)C1CC1c1cnc(CN2CCC(c3cccc4c3OC[C@@H](c3ccc(Cl)cc3)O4)CC2)n1C[C@@H]1CCO1. The Hall–Kier alpha value is -3.07. The van der Waals surface area contributed by atoms with Gasteiger partial charge in [-0.15, -0.1) is 0 Å². The third-order valence-corrected chi connectivity index (χ3v) is 9.18. The second kappa shape index (κ2) is 10.7. The number of fused-ring (bicyclic) bond motifs is 1. The van der Waals surface area contributed by atoms with Crippen molar-refractivity contribution in [1.29, 1.82) is 0 Å². The van der Waals surface area contributed by atoms with Crippen LogP contribution in [-0.2, 0) is 22.6 Å². The standard InChI is InChI=1S/C31H34ClN3O5/c32-21-6-4-20(5-7-21)28-18-39-30-23(2-1-3-27(30)40-28)19-8-11-34(12-9-19)17-29-33-15-26(24-14-25(24)31(36)37)35(29)16-22-10-13-38-22/h1-7,15,19,22,24-25,28H,8-14,16-18H2,(H,36,37)/t22-,24?,25?,28-/m0/s1. The van der Waals surface area contributed by atoms with Crippen LogP contribution in [0.5, 0.6) is 11.5 Å². The van der Waals surface area contributed by atoms with Crippen molar-refractivity contribution in [3.8, 4) is 11.5 Å². The first-order valence-electron chi connectivity index (χ1n) is 14.3. The van der Waals surface area contributed by atoms with Crippen LogP contribution in [0, 0.1) is 5.92 Å². The fourth-order valence-electron chi connectivity index (χ4n) is 6.38. The molecule has 3 aliphatic heterocycles. The lowest BCUT2D eigenvalue weighted by atomic mass is 9.88. The number of aromatic nitrogens is 2. The number of nitrogens with zero attached hydrogens (tertiary/aromatic N) is 3. The summed E-state index contributed by atoms with van der Waals surface area (Å²) in [5.74, 6) is 2.17. The van der Waals surface area contributed by atoms with Gasteiger partial charge in [-0.25, -0.2) is 4.98 Å². The van der Waals surface area contributed by atoms with Crippen LogP contribution >= 0.6 is 11.6 Å². The van der Waals surface area contributed by atoms with Crippen molar-refractivity contribution in [1.82, 2.24) is 14.5 Å². The summed E-state index contributed by atoms with van der Waals surface area (Å²) >= 11 is 6.06. The van der Waals surface area contributed by atoms with Crippen LogP contribution in [0.3, 0.4) is 0 Å². The Balaban J connectivity index is 1.01. The molecule has 1 N–H and O–H groups in total. The molecule has 2 saturated heterocycles. The van der Waals surface area contributed by atoms with E-state index in [1.54, 1.807) is 0 Å². The molecule has 2 aromatic carbocycles. The number of para-hydroxylation sites is 1. The monoisotopic (exact) mass is 563 g/mol. The van der Waals surface area contributed by atoms with E-state index in [-0.39, 0.29) is 24.0 Å². The highest BCUT2D eigenvalue weighted by Gasteiger charge is 2.46. The van der Waals surface area contributed by atoms with Crippen molar-refractivity contribution in [3.63, 3.8) is 0 Å². The molecular formula is C31H34ClN3O5. The topological polar surface area (TPSA) is 86.0 Å². The van der Waals surface area contributed by atoms with Crippen molar-refractivity contribution in [2.24, 2.45) is 5.92 Å². The highest BCUT2D eigenvalue weighted by molar-refractivity contribution is 6.30. The van der Waals surface area contributed by atoms with Crippen molar-refractivity contribution in [2.75, 3.05) is 26.3 Å². The van der Waals surface area contributed by atoms with E-state index in [9.17, 15) is 9.90 Å². The van der Waals surface area contributed by atoms with E-state index in [0.717, 1.165) is 80.6 Å². The minimum Gasteiger partial charge on any atom is -0.485 e. The number of halogens is 1. The van der Waals surface area contributed by atoms with E-state index >= 15 is 0 Å². The summed E-state index contributed by atoms with van der Waals surface area (Å²) in [6.07, 6.45) is 5.76. The van der Waals surface area contributed by atoms with Gasteiger partial charge in [0.1, 0.15) is 12.4 Å². The number of hydrogen-bond donors (Lipinski definition) is 1. The van der Waals surface area contributed by atoms with Gasteiger partial charge >= 0.3 is 5.97 Å². The summed E-state index contributed by atoms with van der Waals surface area (Å²) in [5, 5.41) is 10.2. The average molecular weight is 564 g/mol. The maximum atomic E-state index is 11.5. The number of benzene rings is 2. The molecular weight excluding hydrogens is 530 g/mol. The zero-order valence-corrected chi connectivity index (χ0v) is 23.1. The Labute approximate surface area is 238 Å². The quantitative estimate of drug-likeness (QED) is 0.392. The number of carbonyl (C=O) groups is 1. The third kappa shape index (κ3) is 5.08. The predicted octanol–water partition coefficient (Wildman–Crippen LogP) is 5.41. The van der Waals surface area contributed by atoms with E-state index in [4.69, 9.17) is 30.8 Å². The van der Waals surface area contributed by atoms with Gasteiger partial charge in [0.25, 0.3) is 0 Å². The first-order valence-corrected chi connectivity index (χ1v) is 14.7. The van der Waals surface area contributed by atoms with E-state index < -0.39 is 5.97 Å². The molecule has 0 amide bonds. The van der Waals surface area contributed by atoms with Gasteiger partial charge < -0.3 is 23.9 Å². The van der Waals surface area contributed by atoms with Crippen LogP contribution in [0.4, 0.5) is 0 Å². The molecule has 8 nitrogen and oxygen atoms in total. The van der Waals surface area contributed by atoms with E-state index in [0.29, 0.717) is 24.0 Å². The van der Waals surface area contributed by atoms with Gasteiger partial charge in [-0.3, -0.25) is 9.69 Å². The van der Waals surface area contributed by atoms with Gasteiger partial charge in [-0.05, 0) is 68.5 Å².